The van der Waals surface area contributed by atoms with Crippen molar-refractivity contribution in [2.45, 2.75) is 38.2 Å². The third-order valence-electron chi connectivity index (χ3n) is 3.21. The number of nitrogens with one attached hydrogen (secondary N) is 1. The van der Waals surface area contributed by atoms with Crippen LogP contribution in [-0.4, -0.2) is 29.5 Å². The molecule has 1 unspecified atom stereocenters. The summed E-state index contributed by atoms with van der Waals surface area (Å²) in [6.45, 7) is 1.86. The molecule has 110 valence electrons. The van der Waals surface area contributed by atoms with E-state index in [0.29, 0.717) is 12.8 Å². The van der Waals surface area contributed by atoms with Gasteiger partial charge in [0.2, 0.25) is 0 Å². The van der Waals surface area contributed by atoms with Crippen molar-refractivity contribution in [3.63, 3.8) is 0 Å². The third kappa shape index (κ3) is 3.17. The van der Waals surface area contributed by atoms with Crippen LogP contribution < -0.4 is 5.32 Å². The van der Waals surface area contributed by atoms with Crippen LogP contribution in [0.5, 0.6) is 0 Å². The molecule has 0 saturated heterocycles. The standard InChI is InChI=1S/C13H15ClF2N2O2/c1-2-20-12(19)8-7-17-11(14)6-9(8)18-10-4-3-5-13(10,15)16/h6-7,10H,2-5H2,1H3,(H,17,18). The van der Waals surface area contributed by atoms with Crippen LogP contribution in [0.1, 0.15) is 36.5 Å². The van der Waals surface area contributed by atoms with Crippen LogP contribution >= 0.6 is 11.6 Å². The second kappa shape index (κ2) is 5.91. The largest absolute Gasteiger partial charge is 0.462 e. The monoisotopic (exact) mass is 304 g/mol. The molecule has 1 atom stereocenters. The number of anilines is 1. The van der Waals surface area contributed by atoms with Crippen LogP contribution in [0.25, 0.3) is 0 Å². The van der Waals surface area contributed by atoms with Gasteiger partial charge in [0.15, 0.2) is 0 Å². The van der Waals surface area contributed by atoms with E-state index in [0.717, 1.165) is 0 Å². The molecule has 20 heavy (non-hydrogen) atoms. The second-order valence-electron chi connectivity index (χ2n) is 4.62. The second-order valence-corrected chi connectivity index (χ2v) is 5.01. The summed E-state index contributed by atoms with van der Waals surface area (Å²) in [7, 11) is 0. The van der Waals surface area contributed by atoms with Gasteiger partial charge >= 0.3 is 5.97 Å². The predicted molar refractivity (Wildman–Crippen MR) is 71.4 cm³/mol. The SMILES string of the molecule is CCOC(=O)c1cnc(Cl)cc1NC1CCCC1(F)F. The maximum Gasteiger partial charge on any atom is 0.341 e. The summed E-state index contributed by atoms with van der Waals surface area (Å²) < 4.78 is 32.2. The highest BCUT2D eigenvalue weighted by Gasteiger charge is 2.44. The molecule has 1 aliphatic carbocycles. The van der Waals surface area contributed by atoms with E-state index in [9.17, 15) is 13.6 Å². The normalized spacial score (nSPS) is 20.7. The molecule has 1 aromatic rings. The van der Waals surface area contributed by atoms with E-state index in [4.69, 9.17) is 16.3 Å². The highest BCUT2D eigenvalue weighted by atomic mass is 35.5. The van der Waals surface area contributed by atoms with Gasteiger partial charge < -0.3 is 10.1 Å². The molecule has 0 spiro atoms. The van der Waals surface area contributed by atoms with Gasteiger partial charge in [0.1, 0.15) is 10.7 Å². The molecule has 4 nitrogen and oxygen atoms in total. The van der Waals surface area contributed by atoms with Crippen LogP contribution in [0.3, 0.4) is 0 Å². The molecule has 2 rings (SSSR count). The molecular weight excluding hydrogens is 290 g/mol. The minimum Gasteiger partial charge on any atom is -0.462 e. The first-order chi connectivity index (χ1) is 9.44. The summed E-state index contributed by atoms with van der Waals surface area (Å²) in [6.07, 6.45) is 1.86. The Bertz CT molecular complexity index is 511. The smallest absolute Gasteiger partial charge is 0.341 e. The molecule has 0 amide bonds. The molecule has 1 saturated carbocycles. The Balaban J connectivity index is 2.25. The van der Waals surface area contributed by atoms with Gasteiger partial charge in [0.05, 0.1) is 18.3 Å². The Morgan fingerprint density at radius 2 is 2.40 bits per heavy atom. The highest BCUT2D eigenvalue weighted by molar-refractivity contribution is 6.29. The Labute approximate surface area is 120 Å². The average molecular weight is 305 g/mol. The zero-order chi connectivity index (χ0) is 14.8. The summed E-state index contributed by atoms with van der Waals surface area (Å²) >= 11 is 5.76. The van der Waals surface area contributed by atoms with Crippen molar-refractivity contribution >= 4 is 23.3 Å². The van der Waals surface area contributed by atoms with Gasteiger partial charge in [-0.05, 0) is 25.8 Å². The van der Waals surface area contributed by atoms with E-state index in [1.54, 1.807) is 6.92 Å². The van der Waals surface area contributed by atoms with Crippen LogP contribution in [0.2, 0.25) is 5.15 Å². The lowest BCUT2D eigenvalue weighted by Crippen LogP contribution is -2.34. The van der Waals surface area contributed by atoms with E-state index in [2.05, 4.69) is 10.3 Å². The maximum absolute atomic E-state index is 13.6. The number of halogens is 3. The van der Waals surface area contributed by atoms with Gasteiger partial charge in [-0.2, -0.15) is 0 Å². The first-order valence-corrected chi connectivity index (χ1v) is 6.79. The fourth-order valence-electron chi connectivity index (χ4n) is 2.21. The van der Waals surface area contributed by atoms with E-state index in [1.807, 2.05) is 0 Å². The molecule has 1 fully saturated rings. The molecule has 7 heteroatoms. The number of ether oxygens (including phenoxy) is 1. The molecule has 0 radical (unpaired) electrons. The minimum absolute atomic E-state index is 0.110. The third-order valence-corrected chi connectivity index (χ3v) is 3.42. The number of rotatable bonds is 4. The molecule has 0 aromatic carbocycles. The molecular formula is C13H15ClF2N2O2. The lowest BCUT2D eigenvalue weighted by molar-refractivity contribution is -0.000677. The van der Waals surface area contributed by atoms with Gasteiger partial charge in [-0.25, -0.2) is 18.6 Å². The number of hydrogen-bond acceptors (Lipinski definition) is 4. The van der Waals surface area contributed by atoms with Crippen LogP contribution in [0.15, 0.2) is 12.3 Å². The number of carbonyl (C=O) groups excluding carboxylic acids is 1. The lowest BCUT2D eigenvalue weighted by atomic mass is 10.1. The lowest BCUT2D eigenvalue weighted by Gasteiger charge is -2.22. The number of esters is 1. The van der Waals surface area contributed by atoms with Gasteiger partial charge in [-0.3, -0.25) is 0 Å². The minimum atomic E-state index is -2.79. The molecule has 1 aromatic heterocycles. The molecule has 1 N–H and O–H groups in total. The van der Waals surface area contributed by atoms with Gasteiger partial charge in [0.25, 0.3) is 5.92 Å². The summed E-state index contributed by atoms with van der Waals surface area (Å²) in [5.74, 6) is -3.40. The zero-order valence-corrected chi connectivity index (χ0v) is 11.7. The van der Waals surface area contributed by atoms with E-state index < -0.39 is 17.9 Å². The first kappa shape index (κ1) is 15.0. The summed E-state index contributed by atoms with van der Waals surface area (Å²) in [5, 5.41) is 2.83. The Morgan fingerprint density at radius 3 is 3.00 bits per heavy atom. The number of pyridine rings is 1. The number of alkyl halides is 2. The Morgan fingerprint density at radius 1 is 1.65 bits per heavy atom. The zero-order valence-electron chi connectivity index (χ0n) is 11.0. The van der Waals surface area contributed by atoms with Gasteiger partial charge in [-0.1, -0.05) is 11.6 Å². The van der Waals surface area contributed by atoms with Crippen molar-refractivity contribution < 1.29 is 18.3 Å². The molecule has 1 heterocycles. The molecule has 1 aliphatic rings. The fourth-order valence-corrected chi connectivity index (χ4v) is 2.37. The topological polar surface area (TPSA) is 51.2 Å². The van der Waals surface area contributed by atoms with Crippen molar-refractivity contribution in [1.82, 2.24) is 4.98 Å². The van der Waals surface area contributed by atoms with Crippen LogP contribution in [0, 0.1) is 0 Å². The van der Waals surface area contributed by atoms with E-state index in [1.165, 1.54) is 12.3 Å². The molecule has 0 aliphatic heterocycles. The number of aromatic nitrogens is 1. The van der Waals surface area contributed by atoms with Crippen molar-refractivity contribution in [2.24, 2.45) is 0 Å². The quantitative estimate of drug-likeness (QED) is 0.683. The van der Waals surface area contributed by atoms with Gasteiger partial charge in [0, 0.05) is 12.6 Å². The number of carbonyl (C=O) groups is 1. The highest BCUT2D eigenvalue weighted by Crippen LogP contribution is 2.37. The van der Waals surface area contributed by atoms with Crippen molar-refractivity contribution in [3.05, 3.63) is 23.0 Å². The number of nitrogens with zero attached hydrogens (tertiary/aromatic N) is 1. The summed E-state index contributed by atoms with van der Waals surface area (Å²) in [4.78, 5) is 15.6. The average Bonchev–Trinajstić information content (AvgIpc) is 2.69. The molecule has 0 bridgehead atoms. The number of hydrogen-bond donors (Lipinski definition) is 1. The summed E-state index contributed by atoms with van der Waals surface area (Å²) in [5.41, 5.74) is 0.342. The van der Waals surface area contributed by atoms with E-state index in [-0.39, 0.29) is 29.4 Å². The predicted octanol–water partition coefficient (Wildman–Crippen LogP) is 3.51. The van der Waals surface area contributed by atoms with Crippen LogP contribution in [-0.2, 0) is 4.74 Å². The van der Waals surface area contributed by atoms with Crippen molar-refractivity contribution in [1.29, 1.82) is 0 Å². The van der Waals surface area contributed by atoms with E-state index >= 15 is 0 Å². The Hall–Kier alpha value is -1.43. The van der Waals surface area contributed by atoms with Crippen molar-refractivity contribution in [2.75, 3.05) is 11.9 Å². The summed E-state index contributed by atoms with van der Waals surface area (Å²) in [6, 6.07) is 0.358. The Kier molecular flexibility index (Phi) is 4.42. The van der Waals surface area contributed by atoms with Crippen molar-refractivity contribution in [3.8, 4) is 0 Å². The maximum atomic E-state index is 13.6. The first-order valence-electron chi connectivity index (χ1n) is 6.41. The van der Waals surface area contributed by atoms with Gasteiger partial charge in [-0.15, -0.1) is 0 Å². The van der Waals surface area contributed by atoms with Crippen LogP contribution in [0.4, 0.5) is 14.5 Å². The fraction of sp³-hybridized carbons (Fsp3) is 0.538.